The van der Waals surface area contributed by atoms with Gasteiger partial charge in [-0.1, -0.05) is 6.07 Å². The van der Waals surface area contributed by atoms with Gasteiger partial charge in [-0.15, -0.1) is 0 Å². The van der Waals surface area contributed by atoms with Crippen LogP contribution < -0.4 is 15.4 Å². The number of carbonyl (C=O) groups excluding carboxylic acids is 1. The minimum absolute atomic E-state index is 0.0826. The van der Waals surface area contributed by atoms with Crippen LogP contribution in [0.5, 0.6) is 5.75 Å². The van der Waals surface area contributed by atoms with Crippen molar-refractivity contribution in [1.82, 2.24) is 15.6 Å². The molecular formula is C19H25N3O3. The molecule has 1 aliphatic carbocycles. The van der Waals surface area contributed by atoms with E-state index >= 15 is 0 Å². The van der Waals surface area contributed by atoms with Gasteiger partial charge in [0.1, 0.15) is 5.75 Å². The highest BCUT2D eigenvalue weighted by Gasteiger charge is 2.43. The van der Waals surface area contributed by atoms with E-state index in [0.29, 0.717) is 18.6 Å². The predicted molar refractivity (Wildman–Crippen MR) is 96.0 cm³/mol. The number of hydrogen-bond acceptors (Lipinski definition) is 3. The van der Waals surface area contributed by atoms with Gasteiger partial charge in [0.25, 0.3) is 0 Å². The number of aromatic nitrogens is 1. The fourth-order valence-corrected chi connectivity index (χ4v) is 4.08. The number of ether oxygens (including phenoxy) is 2. The van der Waals surface area contributed by atoms with Crippen molar-refractivity contribution < 1.29 is 14.3 Å². The van der Waals surface area contributed by atoms with Gasteiger partial charge in [-0.2, -0.15) is 0 Å². The van der Waals surface area contributed by atoms with Gasteiger partial charge in [0, 0.05) is 42.2 Å². The molecule has 1 aliphatic heterocycles. The Kier molecular flexibility index (Phi) is 4.53. The lowest BCUT2D eigenvalue weighted by molar-refractivity contribution is -0.0999. The van der Waals surface area contributed by atoms with Gasteiger partial charge in [-0.3, -0.25) is 0 Å². The zero-order chi connectivity index (χ0) is 17.2. The van der Waals surface area contributed by atoms with E-state index in [1.54, 1.807) is 7.11 Å². The summed E-state index contributed by atoms with van der Waals surface area (Å²) < 4.78 is 11.1. The van der Waals surface area contributed by atoms with Crippen molar-refractivity contribution in [2.24, 2.45) is 5.92 Å². The van der Waals surface area contributed by atoms with Crippen molar-refractivity contribution in [2.45, 2.75) is 37.8 Å². The molecule has 1 saturated carbocycles. The van der Waals surface area contributed by atoms with Gasteiger partial charge in [0.05, 0.1) is 13.2 Å². The summed E-state index contributed by atoms with van der Waals surface area (Å²) in [7, 11) is 1.68. The Hall–Kier alpha value is -2.21. The van der Waals surface area contributed by atoms with Gasteiger partial charge < -0.3 is 25.1 Å². The van der Waals surface area contributed by atoms with Gasteiger partial charge in [0.15, 0.2) is 0 Å². The fourth-order valence-electron chi connectivity index (χ4n) is 4.08. The van der Waals surface area contributed by atoms with E-state index in [1.165, 1.54) is 0 Å². The average Bonchev–Trinajstić information content (AvgIpc) is 3.03. The third-order valence-electron chi connectivity index (χ3n) is 5.46. The molecule has 25 heavy (non-hydrogen) atoms. The summed E-state index contributed by atoms with van der Waals surface area (Å²) >= 11 is 0. The molecule has 2 heterocycles. The van der Waals surface area contributed by atoms with Crippen molar-refractivity contribution in [3.8, 4) is 5.75 Å². The summed E-state index contributed by atoms with van der Waals surface area (Å²) in [5.74, 6) is 1.35. The molecule has 2 fully saturated rings. The Morgan fingerprint density at radius 3 is 3.20 bits per heavy atom. The van der Waals surface area contributed by atoms with E-state index in [2.05, 4.69) is 15.6 Å². The summed E-state index contributed by atoms with van der Waals surface area (Å²) in [6.07, 6.45) is 6.31. The summed E-state index contributed by atoms with van der Waals surface area (Å²) in [4.78, 5) is 15.4. The molecule has 4 rings (SSSR count). The quantitative estimate of drug-likeness (QED) is 0.781. The molecule has 0 spiro atoms. The predicted octanol–water partition coefficient (Wildman–Crippen LogP) is 2.59. The summed E-state index contributed by atoms with van der Waals surface area (Å²) in [6.45, 7) is 1.46. The normalized spacial score (nSPS) is 25.1. The van der Waals surface area contributed by atoms with E-state index < -0.39 is 0 Å². The molecule has 1 aromatic carbocycles. The van der Waals surface area contributed by atoms with E-state index in [4.69, 9.17) is 9.47 Å². The molecule has 3 atom stereocenters. The van der Waals surface area contributed by atoms with Crippen molar-refractivity contribution in [1.29, 1.82) is 0 Å². The maximum absolute atomic E-state index is 12.1. The number of urea groups is 1. The molecule has 6 heteroatoms. The number of H-pyrrole nitrogens is 1. The Balaban J connectivity index is 1.29. The van der Waals surface area contributed by atoms with Crippen LogP contribution >= 0.6 is 0 Å². The molecule has 3 unspecified atom stereocenters. The first kappa shape index (κ1) is 16.3. The fraction of sp³-hybridized carbons (Fsp3) is 0.526. The van der Waals surface area contributed by atoms with E-state index in [1.807, 2.05) is 24.4 Å². The summed E-state index contributed by atoms with van der Waals surface area (Å²) in [6, 6.07) is 6.13. The van der Waals surface area contributed by atoms with Crippen LogP contribution in [0.1, 0.15) is 24.8 Å². The number of rotatable bonds is 5. The number of amides is 2. The molecule has 6 nitrogen and oxygen atoms in total. The Labute approximate surface area is 147 Å². The zero-order valence-electron chi connectivity index (χ0n) is 14.5. The smallest absolute Gasteiger partial charge is 0.315 e. The largest absolute Gasteiger partial charge is 0.496 e. The lowest BCUT2D eigenvalue weighted by Gasteiger charge is -2.47. The van der Waals surface area contributed by atoms with Crippen molar-refractivity contribution in [3.63, 3.8) is 0 Å². The summed E-state index contributed by atoms with van der Waals surface area (Å²) in [5.41, 5.74) is 2.20. The van der Waals surface area contributed by atoms with Crippen LogP contribution in [0.3, 0.4) is 0 Å². The van der Waals surface area contributed by atoms with Gasteiger partial charge in [-0.05, 0) is 43.4 Å². The zero-order valence-corrected chi connectivity index (χ0v) is 14.5. The van der Waals surface area contributed by atoms with E-state index in [0.717, 1.165) is 54.5 Å². The van der Waals surface area contributed by atoms with Crippen molar-refractivity contribution in [3.05, 3.63) is 30.0 Å². The number of aromatic amines is 1. The first-order chi connectivity index (χ1) is 12.3. The van der Waals surface area contributed by atoms with Crippen LogP contribution in [0.2, 0.25) is 0 Å². The highest BCUT2D eigenvalue weighted by molar-refractivity contribution is 5.89. The minimum atomic E-state index is -0.0826. The molecule has 2 amide bonds. The van der Waals surface area contributed by atoms with Gasteiger partial charge in [0.2, 0.25) is 0 Å². The SMILES string of the molecule is COc1cccc2[nH]cc(CCNC(=O)NC3CC4OCCCC34)c12. The molecule has 3 N–H and O–H groups in total. The second-order valence-corrected chi connectivity index (χ2v) is 6.90. The molecule has 2 aliphatic rings. The second-order valence-electron chi connectivity index (χ2n) is 6.90. The first-order valence-electron chi connectivity index (χ1n) is 9.05. The number of nitrogens with one attached hydrogen (secondary N) is 3. The number of benzene rings is 1. The number of methoxy groups -OCH3 is 1. The van der Waals surface area contributed by atoms with E-state index in [9.17, 15) is 4.79 Å². The maximum atomic E-state index is 12.1. The third kappa shape index (κ3) is 3.18. The Morgan fingerprint density at radius 1 is 1.44 bits per heavy atom. The molecule has 2 aromatic rings. The molecular weight excluding hydrogens is 318 g/mol. The second kappa shape index (κ2) is 6.96. The van der Waals surface area contributed by atoms with Crippen LogP contribution in [0.4, 0.5) is 4.79 Å². The number of fused-ring (bicyclic) bond motifs is 2. The Morgan fingerprint density at radius 2 is 2.36 bits per heavy atom. The monoisotopic (exact) mass is 343 g/mol. The molecule has 0 radical (unpaired) electrons. The number of carbonyl (C=O) groups is 1. The van der Waals surface area contributed by atoms with Crippen LogP contribution in [-0.4, -0.2) is 43.4 Å². The highest BCUT2D eigenvalue weighted by atomic mass is 16.5. The lowest BCUT2D eigenvalue weighted by Crippen LogP contribution is -2.59. The molecule has 1 saturated heterocycles. The topological polar surface area (TPSA) is 75.4 Å². The van der Waals surface area contributed by atoms with Crippen LogP contribution in [0.25, 0.3) is 10.9 Å². The lowest BCUT2D eigenvalue weighted by atomic mass is 9.72. The van der Waals surface area contributed by atoms with Gasteiger partial charge >= 0.3 is 6.03 Å². The van der Waals surface area contributed by atoms with Crippen molar-refractivity contribution >= 4 is 16.9 Å². The third-order valence-corrected chi connectivity index (χ3v) is 5.46. The molecule has 1 aromatic heterocycles. The first-order valence-corrected chi connectivity index (χ1v) is 9.05. The minimum Gasteiger partial charge on any atom is -0.496 e. The Bertz CT molecular complexity index is 757. The average molecular weight is 343 g/mol. The molecule has 0 bridgehead atoms. The molecule has 134 valence electrons. The van der Waals surface area contributed by atoms with Crippen LogP contribution in [-0.2, 0) is 11.2 Å². The van der Waals surface area contributed by atoms with E-state index in [-0.39, 0.29) is 12.1 Å². The van der Waals surface area contributed by atoms with Crippen LogP contribution in [0.15, 0.2) is 24.4 Å². The van der Waals surface area contributed by atoms with Crippen molar-refractivity contribution in [2.75, 3.05) is 20.3 Å². The highest BCUT2D eigenvalue weighted by Crippen LogP contribution is 2.37. The summed E-state index contributed by atoms with van der Waals surface area (Å²) in [5, 5.41) is 7.16. The van der Waals surface area contributed by atoms with Crippen LogP contribution in [0, 0.1) is 5.92 Å². The maximum Gasteiger partial charge on any atom is 0.315 e. The van der Waals surface area contributed by atoms with Gasteiger partial charge in [-0.25, -0.2) is 4.79 Å². The standard InChI is InChI=1S/C19H25N3O3/c1-24-16-6-2-5-14-18(16)12(11-21-14)7-8-20-19(23)22-15-10-17-13(15)4-3-9-25-17/h2,5-6,11,13,15,17,21H,3-4,7-10H2,1H3,(H2,20,22,23). The number of hydrogen-bond donors (Lipinski definition) is 3.